The van der Waals surface area contributed by atoms with Gasteiger partial charge in [-0.15, -0.1) is 12.4 Å². The Balaban J connectivity index is 0.00000225. The molecule has 0 amide bonds. The molecular formula is C9H15ClN2O3S. The first-order valence-corrected chi connectivity index (χ1v) is 5.88. The number of nitrogen functional groups attached to an aromatic ring is 1. The summed E-state index contributed by atoms with van der Waals surface area (Å²) in [7, 11) is -4.15. The van der Waals surface area contributed by atoms with Gasteiger partial charge in [0.1, 0.15) is 0 Å². The Morgan fingerprint density at radius 3 is 2.31 bits per heavy atom. The maximum Gasteiger partial charge on any atom is 0.294 e. The second-order valence-corrected chi connectivity index (χ2v) is 4.94. The molecule has 0 radical (unpaired) electrons. The predicted octanol–water partition coefficient (Wildman–Crippen LogP) is 1.76. The highest BCUT2D eigenvalue weighted by atomic mass is 35.5. The number of anilines is 1. The number of hydrogen-bond donors (Lipinski definition) is 3. The van der Waals surface area contributed by atoms with Gasteiger partial charge in [-0.05, 0) is 29.7 Å². The van der Waals surface area contributed by atoms with Crippen LogP contribution in [0.3, 0.4) is 0 Å². The number of hydrazine groups is 1. The third kappa shape index (κ3) is 3.34. The first-order chi connectivity index (χ1) is 6.86. The molecule has 1 aromatic rings. The first-order valence-electron chi connectivity index (χ1n) is 4.44. The summed E-state index contributed by atoms with van der Waals surface area (Å²) < 4.78 is 30.7. The van der Waals surface area contributed by atoms with E-state index in [0.717, 1.165) is 5.56 Å². The van der Waals surface area contributed by atoms with Crippen molar-refractivity contribution >= 4 is 28.2 Å². The van der Waals surface area contributed by atoms with Crippen molar-refractivity contribution in [1.29, 1.82) is 0 Å². The normalized spacial score (nSPS) is 11.1. The molecule has 0 unspecified atom stereocenters. The lowest BCUT2D eigenvalue weighted by Crippen LogP contribution is -2.11. The van der Waals surface area contributed by atoms with Crippen LogP contribution in [0, 0.1) is 0 Å². The van der Waals surface area contributed by atoms with Crippen LogP contribution >= 0.6 is 12.4 Å². The summed E-state index contributed by atoms with van der Waals surface area (Å²) in [6.07, 6.45) is 0. The monoisotopic (exact) mass is 266 g/mol. The van der Waals surface area contributed by atoms with Crippen molar-refractivity contribution in [3.8, 4) is 0 Å². The van der Waals surface area contributed by atoms with Crippen molar-refractivity contribution in [3.63, 3.8) is 0 Å². The minimum atomic E-state index is -4.15. The highest BCUT2D eigenvalue weighted by molar-refractivity contribution is 7.85. The van der Waals surface area contributed by atoms with E-state index in [1.54, 1.807) is 0 Å². The van der Waals surface area contributed by atoms with Crippen molar-refractivity contribution in [3.05, 3.63) is 23.8 Å². The second kappa shape index (κ2) is 5.49. The fourth-order valence-corrected chi connectivity index (χ4v) is 1.83. The quantitative estimate of drug-likeness (QED) is 0.440. The van der Waals surface area contributed by atoms with Gasteiger partial charge in [0.25, 0.3) is 10.1 Å². The van der Waals surface area contributed by atoms with Gasteiger partial charge in [-0.25, -0.2) is 0 Å². The minimum Gasteiger partial charge on any atom is -0.324 e. The zero-order chi connectivity index (χ0) is 11.6. The SMILES string of the molecule is CC(C)c1cc(S(=O)(=O)O)ccc1NN.Cl. The topological polar surface area (TPSA) is 92.4 Å². The van der Waals surface area contributed by atoms with Crippen molar-refractivity contribution in [2.24, 2.45) is 5.84 Å². The second-order valence-electron chi connectivity index (χ2n) is 3.52. The molecule has 1 rings (SSSR count). The van der Waals surface area contributed by atoms with Crippen LogP contribution in [0.5, 0.6) is 0 Å². The Morgan fingerprint density at radius 2 is 1.94 bits per heavy atom. The van der Waals surface area contributed by atoms with Gasteiger partial charge < -0.3 is 5.43 Å². The van der Waals surface area contributed by atoms with Crippen LogP contribution in [-0.4, -0.2) is 13.0 Å². The molecule has 0 bridgehead atoms. The molecule has 0 atom stereocenters. The Labute approximate surface area is 101 Å². The molecule has 0 spiro atoms. The molecule has 0 aliphatic heterocycles. The third-order valence-corrected chi connectivity index (χ3v) is 2.95. The Kier molecular flexibility index (Phi) is 5.21. The van der Waals surface area contributed by atoms with Crippen LogP contribution in [0.4, 0.5) is 5.69 Å². The van der Waals surface area contributed by atoms with Crippen LogP contribution < -0.4 is 11.3 Å². The van der Waals surface area contributed by atoms with Crippen molar-refractivity contribution < 1.29 is 13.0 Å². The van der Waals surface area contributed by atoms with E-state index in [2.05, 4.69) is 5.43 Å². The van der Waals surface area contributed by atoms with Gasteiger partial charge in [0.05, 0.1) is 10.6 Å². The molecule has 0 saturated heterocycles. The van der Waals surface area contributed by atoms with E-state index in [-0.39, 0.29) is 23.2 Å². The molecule has 5 nitrogen and oxygen atoms in total. The molecule has 7 heteroatoms. The number of hydrogen-bond acceptors (Lipinski definition) is 4. The molecule has 0 fully saturated rings. The van der Waals surface area contributed by atoms with Crippen LogP contribution in [0.15, 0.2) is 23.1 Å². The summed E-state index contributed by atoms with van der Waals surface area (Å²) in [5.74, 6) is 5.39. The fourth-order valence-electron chi connectivity index (χ4n) is 1.31. The van der Waals surface area contributed by atoms with E-state index in [1.807, 2.05) is 13.8 Å². The molecule has 92 valence electrons. The molecule has 1 aromatic carbocycles. The highest BCUT2D eigenvalue weighted by Crippen LogP contribution is 2.26. The van der Waals surface area contributed by atoms with Gasteiger partial charge in [-0.3, -0.25) is 10.4 Å². The number of nitrogens with one attached hydrogen (secondary N) is 1. The molecule has 0 heterocycles. The van der Waals surface area contributed by atoms with Gasteiger partial charge in [0, 0.05) is 0 Å². The lowest BCUT2D eigenvalue weighted by Gasteiger charge is -2.12. The fraction of sp³-hybridized carbons (Fsp3) is 0.333. The van der Waals surface area contributed by atoms with Gasteiger partial charge in [0.2, 0.25) is 0 Å². The van der Waals surface area contributed by atoms with E-state index in [0.29, 0.717) is 5.69 Å². The summed E-state index contributed by atoms with van der Waals surface area (Å²) in [6, 6.07) is 4.24. The van der Waals surface area contributed by atoms with Crippen LogP contribution in [0.2, 0.25) is 0 Å². The summed E-state index contributed by atoms with van der Waals surface area (Å²) in [6.45, 7) is 3.81. The predicted molar refractivity (Wildman–Crippen MR) is 65.4 cm³/mol. The van der Waals surface area contributed by atoms with E-state index in [4.69, 9.17) is 10.4 Å². The number of halogens is 1. The van der Waals surface area contributed by atoms with Crippen LogP contribution in [0.1, 0.15) is 25.3 Å². The van der Waals surface area contributed by atoms with E-state index < -0.39 is 10.1 Å². The van der Waals surface area contributed by atoms with Crippen molar-refractivity contribution in [1.82, 2.24) is 0 Å². The molecule has 0 aromatic heterocycles. The van der Waals surface area contributed by atoms with Crippen LogP contribution in [-0.2, 0) is 10.1 Å². The standard InChI is InChI=1S/C9H14N2O3S.ClH/c1-6(2)8-5-7(15(12,13)14)3-4-9(8)11-10;/h3-6,11H,10H2,1-2H3,(H,12,13,14);1H. The number of rotatable bonds is 3. The maximum atomic E-state index is 10.9. The Hall–Kier alpha value is -0.820. The van der Waals surface area contributed by atoms with E-state index in [1.165, 1.54) is 18.2 Å². The minimum absolute atomic E-state index is 0. The highest BCUT2D eigenvalue weighted by Gasteiger charge is 2.13. The summed E-state index contributed by atoms with van der Waals surface area (Å²) in [5.41, 5.74) is 3.87. The van der Waals surface area contributed by atoms with E-state index >= 15 is 0 Å². The van der Waals surface area contributed by atoms with Crippen LogP contribution in [0.25, 0.3) is 0 Å². The van der Waals surface area contributed by atoms with Crippen molar-refractivity contribution in [2.45, 2.75) is 24.7 Å². The summed E-state index contributed by atoms with van der Waals surface area (Å²) in [5, 5.41) is 0. The zero-order valence-electron chi connectivity index (χ0n) is 8.97. The lowest BCUT2D eigenvalue weighted by atomic mass is 10.0. The van der Waals surface area contributed by atoms with Gasteiger partial charge in [0.15, 0.2) is 0 Å². The molecule has 4 N–H and O–H groups in total. The maximum absolute atomic E-state index is 10.9. The number of benzene rings is 1. The molecule has 0 aliphatic rings. The molecule has 0 aliphatic carbocycles. The first kappa shape index (κ1) is 15.2. The van der Waals surface area contributed by atoms with E-state index in [9.17, 15) is 8.42 Å². The summed E-state index contributed by atoms with van der Waals surface area (Å²) >= 11 is 0. The molecule has 16 heavy (non-hydrogen) atoms. The van der Waals surface area contributed by atoms with Gasteiger partial charge in [-0.1, -0.05) is 13.8 Å². The summed E-state index contributed by atoms with van der Waals surface area (Å²) in [4.78, 5) is -0.120. The third-order valence-electron chi connectivity index (χ3n) is 2.10. The van der Waals surface area contributed by atoms with Gasteiger partial charge in [-0.2, -0.15) is 8.42 Å². The number of nitrogens with two attached hydrogens (primary N) is 1. The Bertz CT molecular complexity index is 460. The molecular weight excluding hydrogens is 252 g/mol. The van der Waals surface area contributed by atoms with Crippen molar-refractivity contribution in [2.75, 3.05) is 5.43 Å². The smallest absolute Gasteiger partial charge is 0.294 e. The zero-order valence-corrected chi connectivity index (χ0v) is 10.6. The molecule has 0 saturated carbocycles. The Morgan fingerprint density at radius 1 is 1.38 bits per heavy atom. The average Bonchev–Trinajstić information content (AvgIpc) is 2.15. The van der Waals surface area contributed by atoms with Gasteiger partial charge >= 0.3 is 0 Å². The average molecular weight is 267 g/mol. The lowest BCUT2D eigenvalue weighted by molar-refractivity contribution is 0.483. The largest absolute Gasteiger partial charge is 0.324 e.